The first-order valence-electron chi connectivity index (χ1n) is 11.7. The maximum absolute atomic E-state index is 12.0. The predicted molar refractivity (Wildman–Crippen MR) is 119 cm³/mol. The number of carbonyl (C=O) groups excluding carboxylic acids is 1. The average Bonchev–Trinajstić information content (AvgIpc) is 3.06. The lowest BCUT2D eigenvalue weighted by atomic mass is 9.70. The smallest absolute Gasteiger partial charge is 0.221 e. The molecule has 2 aliphatic heterocycles. The van der Waals surface area contributed by atoms with Crippen LogP contribution >= 0.6 is 0 Å². The van der Waals surface area contributed by atoms with Crippen LogP contribution in [0.2, 0.25) is 0 Å². The molecule has 2 unspecified atom stereocenters. The molecule has 4 nitrogen and oxygen atoms in total. The van der Waals surface area contributed by atoms with Crippen LogP contribution in [0.3, 0.4) is 0 Å². The van der Waals surface area contributed by atoms with E-state index in [1.165, 1.54) is 48.9 Å². The fourth-order valence-corrected chi connectivity index (χ4v) is 7.14. The molecule has 29 heavy (non-hydrogen) atoms. The molecule has 4 heteroatoms. The molecule has 2 aliphatic carbocycles. The Balaban J connectivity index is 1.64. The second-order valence-corrected chi connectivity index (χ2v) is 10.3. The van der Waals surface area contributed by atoms with Gasteiger partial charge in [0.15, 0.2) is 0 Å². The van der Waals surface area contributed by atoms with Gasteiger partial charge in [-0.1, -0.05) is 18.6 Å². The van der Waals surface area contributed by atoms with Crippen molar-refractivity contribution in [1.82, 2.24) is 9.38 Å². The third-order valence-corrected chi connectivity index (χ3v) is 8.52. The lowest BCUT2D eigenvalue weighted by Gasteiger charge is -2.46. The summed E-state index contributed by atoms with van der Waals surface area (Å²) in [4.78, 5) is 14.4. The number of benzene rings is 1. The molecule has 1 aromatic carbocycles. The first-order chi connectivity index (χ1) is 13.9. The van der Waals surface area contributed by atoms with Gasteiger partial charge in [-0.15, -0.1) is 0 Å². The van der Waals surface area contributed by atoms with Crippen molar-refractivity contribution < 1.29 is 4.79 Å². The molecule has 1 aromatic rings. The molecule has 2 N–H and O–H groups in total. The molecule has 2 fully saturated rings. The molecule has 0 bridgehead atoms. The summed E-state index contributed by atoms with van der Waals surface area (Å²) in [7, 11) is 2.18. The normalized spacial score (nSPS) is 34.6. The second-order valence-electron chi connectivity index (χ2n) is 10.3. The molecule has 1 saturated heterocycles. The van der Waals surface area contributed by atoms with Gasteiger partial charge < -0.3 is 10.6 Å². The zero-order chi connectivity index (χ0) is 20.3. The predicted octanol–water partition coefficient (Wildman–Crippen LogP) is 4.38. The van der Waals surface area contributed by atoms with Crippen LogP contribution in [0.4, 0.5) is 5.69 Å². The zero-order valence-corrected chi connectivity index (χ0v) is 18.2. The standard InChI is InChI=1S/C25H35N3O/c1-16(2)28(19-8-5-4-6-9-19)15-18-13-22-21(12-17(25(26)29)14-27(22)3)20-10-7-11-23(28)24(18)20/h7,10-11,15-17,19,21-22H,4-6,8-9,12-14H2,1-3H3,(H-,26,29)/p+1/t17-,21?,22-,28?/m1/s1. The van der Waals surface area contributed by atoms with Crippen molar-refractivity contribution in [3.63, 3.8) is 0 Å². The van der Waals surface area contributed by atoms with E-state index in [0.717, 1.165) is 23.9 Å². The van der Waals surface area contributed by atoms with E-state index in [-0.39, 0.29) is 11.8 Å². The van der Waals surface area contributed by atoms with Crippen LogP contribution in [0, 0.1) is 5.92 Å². The number of nitrogens with two attached hydrogens (primary N) is 1. The Kier molecular flexibility index (Phi) is 4.63. The monoisotopic (exact) mass is 394 g/mol. The van der Waals surface area contributed by atoms with Gasteiger partial charge in [-0.2, -0.15) is 0 Å². The molecule has 4 atom stereocenters. The fraction of sp³-hybridized carbons (Fsp3) is 0.640. The van der Waals surface area contributed by atoms with E-state index >= 15 is 0 Å². The Labute approximate surface area is 175 Å². The van der Waals surface area contributed by atoms with Crippen LogP contribution in [-0.4, -0.2) is 42.5 Å². The van der Waals surface area contributed by atoms with Crippen molar-refractivity contribution in [2.45, 2.75) is 82.8 Å². The van der Waals surface area contributed by atoms with Crippen LogP contribution in [-0.2, 0) is 4.79 Å². The minimum atomic E-state index is -0.140. The van der Waals surface area contributed by atoms with E-state index in [1.54, 1.807) is 5.57 Å². The number of nitrogens with zero attached hydrogens (tertiary/aromatic N) is 2. The fourth-order valence-electron chi connectivity index (χ4n) is 7.14. The van der Waals surface area contributed by atoms with Gasteiger partial charge in [-0.25, -0.2) is 0 Å². The number of hydrogen-bond donors (Lipinski definition) is 1. The number of primary amides is 1. The van der Waals surface area contributed by atoms with E-state index < -0.39 is 0 Å². The highest BCUT2D eigenvalue weighted by atomic mass is 16.1. The van der Waals surface area contributed by atoms with Gasteiger partial charge in [-0.05, 0) is 52.1 Å². The quantitative estimate of drug-likeness (QED) is 0.773. The Bertz CT molecular complexity index is 854. The van der Waals surface area contributed by atoms with Gasteiger partial charge in [-0.3, -0.25) is 9.28 Å². The minimum absolute atomic E-state index is 0.0354. The van der Waals surface area contributed by atoms with Crippen molar-refractivity contribution in [3.8, 4) is 0 Å². The molecule has 0 spiro atoms. The van der Waals surface area contributed by atoms with E-state index in [0.29, 0.717) is 24.0 Å². The van der Waals surface area contributed by atoms with Gasteiger partial charge in [0.1, 0.15) is 11.9 Å². The summed E-state index contributed by atoms with van der Waals surface area (Å²) >= 11 is 0. The maximum Gasteiger partial charge on any atom is 0.221 e. The number of likely N-dealkylation sites (N-methyl/N-ethyl adjacent to an activating group) is 1. The summed E-state index contributed by atoms with van der Waals surface area (Å²) < 4.78 is 1.04. The number of piperidine rings is 1. The molecule has 1 amide bonds. The van der Waals surface area contributed by atoms with E-state index in [4.69, 9.17) is 5.73 Å². The third kappa shape index (κ3) is 2.75. The average molecular weight is 395 g/mol. The highest BCUT2D eigenvalue weighted by Gasteiger charge is 2.52. The number of hydrogen-bond acceptors (Lipinski definition) is 2. The summed E-state index contributed by atoms with van der Waals surface area (Å²) in [5.41, 5.74) is 11.8. The molecule has 4 aliphatic rings. The number of amides is 1. The van der Waals surface area contributed by atoms with E-state index in [2.05, 4.69) is 50.2 Å². The van der Waals surface area contributed by atoms with Crippen molar-refractivity contribution in [2.24, 2.45) is 11.7 Å². The van der Waals surface area contributed by atoms with Gasteiger partial charge in [0, 0.05) is 48.5 Å². The summed E-state index contributed by atoms with van der Waals surface area (Å²) in [6.07, 6.45) is 11.5. The number of carbonyl (C=O) groups is 1. The lowest BCUT2D eigenvalue weighted by Crippen LogP contribution is -2.56. The number of quaternary nitrogens is 1. The van der Waals surface area contributed by atoms with Gasteiger partial charge in [0.25, 0.3) is 0 Å². The van der Waals surface area contributed by atoms with Crippen LogP contribution in [0.25, 0.3) is 5.57 Å². The molecule has 2 heterocycles. The molecule has 0 radical (unpaired) electrons. The van der Waals surface area contributed by atoms with Crippen molar-refractivity contribution in [2.75, 3.05) is 13.6 Å². The van der Waals surface area contributed by atoms with E-state index in [9.17, 15) is 4.79 Å². The minimum Gasteiger partial charge on any atom is -0.369 e. The van der Waals surface area contributed by atoms with Crippen molar-refractivity contribution in [3.05, 3.63) is 35.5 Å². The first kappa shape index (κ1) is 19.3. The van der Waals surface area contributed by atoms with Gasteiger partial charge >= 0.3 is 0 Å². The summed E-state index contributed by atoms with van der Waals surface area (Å²) in [6.45, 7) is 5.61. The summed E-state index contributed by atoms with van der Waals surface area (Å²) in [6, 6.07) is 8.74. The zero-order valence-electron chi connectivity index (χ0n) is 18.2. The van der Waals surface area contributed by atoms with E-state index in [1.807, 2.05) is 0 Å². The van der Waals surface area contributed by atoms with Gasteiger partial charge in [0.05, 0.1) is 18.0 Å². The Hall–Kier alpha value is -1.65. The maximum atomic E-state index is 12.0. The Morgan fingerprint density at radius 3 is 2.66 bits per heavy atom. The second kappa shape index (κ2) is 6.95. The Morgan fingerprint density at radius 1 is 1.21 bits per heavy atom. The van der Waals surface area contributed by atoms with Crippen LogP contribution in [0.1, 0.15) is 75.8 Å². The largest absolute Gasteiger partial charge is 0.369 e. The molecular formula is C25H36N3O+. The molecule has 156 valence electrons. The van der Waals surface area contributed by atoms with Crippen LogP contribution < -0.4 is 10.2 Å². The molecule has 1 saturated carbocycles. The highest BCUT2D eigenvalue weighted by Crippen LogP contribution is 2.56. The molecular weight excluding hydrogens is 358 g/mol. The Morgan fingerprint density at radius 2 is 1.97 bits per heavy atom. The number of fused-ring (bicyclic) bond motifs is 2. The molecule has 5 rings (SSSR count). The summed E-state index contributed by atoms with van der Waals surface area (Å²) in [5.74, 6) is 0.238. The third-order valence-electron chi connectivity index (χ3n) is 8.52. The highest BCUT2D eigenvalue weighted by molar-refractivity contribution is 5.87. The van der Waals surface area contributed by atoms with Crippen molar-refractivity contribution in [1.29, 1.82) is 0 Å². The van der Waals surface area contributed by atoms with Crippen LogP contribution in [0.5, 0.6) is 0 Å². The first-order valence-corrected chi connectivity index (χ1v) is 11.7. The summed E-state index contributed by atoms with van der Waals surface area (Å²) in [5, 5.41) is 0. The molecule has 0 aromatic heterocycles. The topological polar surface area (TPSA) is 46.3 Å². The lowest BCUT2D eigenvalue weighted by molar-refractivity contribution is -0.124. The van der Waals surface area contributed by atoms with Crippen molar-refractivity contribution >= 4 is 17.2 Å². The number of likely N-dealkylation sites (tertiary alicyclic amines) is 1. The SMILES string of the molecule is CC(C)[N+]1(C2CCCCC2)C=C2C[C@@H]3C(C[C@@H](C(N)=O)CN3C)c3cccc1c32. The number of rotatable bonds is 3. The van der Waals surface area contributed by atoms with Gasteiger partial charge in [0.2, 0.25) is 5.91 Å². The van der Waals surface area contributed by atoms with Crippen LogP contribution in [0.15, 0.2) is 24.4 Å².